The molecule has 0 fully saturated rings. The Bertz CT molecular complexity index is 337. The molecule has 0 radical (unpaired) electrons. The maximum absolute atomic E-state index is 5.35. The Hall–Kier alpha value is -0.380. The van der Waals surface area contributed by atoms with E-state index < -0.39 is 0 Å². The molecule has 1 aromatic rings. The average molecular weight is 283 g/mol. The van der Waals surface area contributed by atoms with Crippen LogP contribution in [0.15, 0.2) is 12.1 Å². The van der Waals surface area contributed by atoms with Crippen LogP contribution >= 0.6 is 11.3 Å². The molecule has 1 N–H and O–H groups in total. The van der Waals surface area contributed by atoms with Gasteiger partial charge in [0, 0.05) is 22.9 Å². The lowest BCUT2D eigenvalue weighted by Gasteiger charge is -2.19. The van der Waals surface area contributed by atoms with Gasteiger partial charge >= 0.3 is 0 Å². The summed E-state index contributed by atoms with van der Waals surface area (Å²) in [5.41, 5.74) is 0. The first-order chi connectivity index (χ1) is 9.19. The van der Waals surface area contributed by atoms with Gasteiger partial charge in [-0.25, -0.2) is 0 Å². The van der Waals surface area contributed by atoms with Crippen molar-refractivity contribution < 1.29 is 4.74 Å². The molecule has 2 atom stereocenters. The minimum atomic E-state index is 0.362. The number of thiophene rings is 1. The molecular formula is C16H29NOS. The van der Waals surface area contributed by atoms with Crippen molar-refractivity contribution in [2.45, 2.75) is 65.0 Å². The van der Waals surface area contributed by atoms with Crippen molar-refractivity contribution in [2.75, 3.05) is 13.7 Å². The topological polar surface area (TPSA) is 21.3 Å². The van der Waals surface area contributed by atoms with Crippen LogP contribution in [0.3, 0.4) is 0 Å². The van der Waals surface area contributed by atoms with Crippen molar-refractivity contribution in [3.63, 3.8) is 0 Å². The van der Waals surface area contributed by atoms with Crippen LogP contribution in [-0.4, -0.2) is 25.8 Å². The normalized spacial score (nSPS) is 14.5. The highest BCUT2D eigenvalue weighted by Gasteiger charge is 2.12. The van der Waals surface area contributed by atoms with Crippen molar-refractivity contribution >= 4 is 11.3 Å². The van der Waals surface area contributed by atoms with Crippen LogP contribution in [0.2, 0.25) is 0 Å². The summed E-state index contributed by atoms with van der Waals surface area (Å²) >= 11 is 1.96. The second-order valence-electron chi connectivity index (χ2n) is 5.20. The highest BCUT2D eigenvalue weighted by atomic mass is 32.1. The highest BCUT2D eigenvalue weighted by molar-refractivity contribution is 7.11. The summed E-state index contributed by atoms with van der Waals surface area (Å²) in [6, 6.07) is 5.15. The number of aryl methyl sites for hydroxylation is 1. The standard InChI is InChI=1S/C16H29NOS/c1-5-11-17-14(8-7-13(3)18-4)12-16-10-9-15(6-2)19-16/h9-10,13-14,17H,5-8,11-12H2,1-4H3. The smallest absolute Gasteiger partial charge is 0.0543 e. The van der Waals surface area contributed by atoms with E-state index in [1.54, 1.807) is 7.11 Å². The molecule has 0 amide bonds. The molecule has 0 aliphatic heterocycles. The maximum Gasteiger partial charge on any atom is 0.0543 e. The summed E-state index contributed by atoms with van der Waals surface area (Å²) in [7, 11) is 1.80. The Morgan fingerprint density at radius 3 is 2.53 bits per heavy atom. The molecular weight excluding hydrogens is 254 g/mol. The van der Waals surface area contributed by atoms with Crippen molar-refractivity contribution in [3.05, 3.63) is 21.9 Å². The van der Waals surface area contributed by atoms with Gasteiger partial charge < -0.3 is 10.1 Å². The minimum Gasteiger partial charge on any atom is -0.382 e. The number of nitrogens with one attached hydrogen (secondary N) is 1. The van der Waals surface area contributed by atoms with Crippen LogP contribution in [0.5, 0.6) is 0 Å². The number of hydrogen-bond donors (Lipinski definition) is 1. The van der Waals surface area contributed by atoms with Gasteiger partial charge in [-0.2, -0.15) is 0 Å². The molecule has 110 valence electrons. The Labute approximate surface area is 122 Å². The molecule has 3 heteroatoms. The Morgan fingerprint density at radius 2 is 1.95 bits per heavy atom. The van der Waals surface area contributed by atoms with Gasteiger partial charge in [0.25, 0.3) is 0 Å². The number of ether oxygens (including phenoxy) is 1. The van der Waals surface area contributed by atoms with Gasteiger partial charge in [-0.05, 0) is 57.7 Å². The second kappa shape index (κ2) is 9.51. The predicted molar refractivity (Wildman–Crippen MR) is 85.2 cm³/mol. The SMILES string of the molecule is CCCNC(CCC(C)OC)Cc1ccc(CC)s1. The van der Waals surface area contributed by atoms with Gasteiger partial charge in [0.2, 0.25) is 0 Å². The summed E-state index contributed by atoms with van der Waals surface area (Å²) < 4.78 is 5.35. The van der Waals surface area contributed by atoms with E-state index >= 15 is 0 Å². The van der Waals surface area contributed by atoms with Crippen molar-refractivity contribution in [1.29, 1.82) is 0 Å². The molecule has 0 bridgehead atoms. The molecule has 0 spiro atoms. The van der Waals surface area contributed by atoms with Gasteiger partial charge in [0.15, 0.2) is 0 Å². The first kappa shape index (κ1) is 16.7. The van der Waals surface area contributed by atoms with Gasteiger partial charge in [0.1, 0.15) is 0 Å². The molecule has 1 rings (SSSR count). The van der Waals surface area contributed by atoms with E-state index in [1.165, 1.54) is 22.6 Å². The minimum absolute atomic E-state index is 0.362. The lowest BCUT2D eigenvalue weighted by atomic mass is 10.0. The van der Waals surface area contributed by atoms with E-state index in [2.05, 4.69) is 38.2 Å². The third-order valence-corrected chi connectivity index (χ3v) is 4.77. The molecule has 1 heterocycles. The first-order valence-corrected chi connectivity index (χ1v) is 8.35. The average Bonchev–Trinajstić information content (AvgIpc) is 2.89. The number of rotatable bonds is 10. The number of hydrogen-bond acceptors (Lipinski definition) is 3. The van der Waals surface area contributed by atoms with Crippen LogP contribution in [0.1, 0.15) is 49.8 Å². The third-order valence-electron chi connectivity index (χ3n) is 3.52. The zero-order valence-corrected chi connectivity index (χ0v) is 13.7. The summed E-state index contributed by atoms with van der Waals surface area (Å²) in [6.45, 7) is 7.71. The van der Waals surface area contributed by atoms with E-state index in [0.717, 1.165) is 25.8 Å². The summed E-state index contributed by atoms with van der Waals surface area (Å²) in [6.07, 6.45) is 6.18. The molecule has 19 heavy (non-hydrogen) atoms. The van der Waals surface area contributed by atoms with Crippen molar-refractivity contribution in [2.24, 2.45) is 0 Å². The van der Waals surface area contributed by atoms with Crippen molar-refractivity contribution in [3.8, 4) is 0 Å². The zero-order valence-electron chi connectivity index (χ0n) is 12.9. The lowest BCUT2D eigenvalue weighted by molar-refractivity contribution is 0.106. The van der Waals surface area contributed by atoms with E-state index in [-0.39, 0.29) is 0 Å². The quantitative estimate of drug-likeness (QED) is 0.700. The molecule has 0 aromatic carbocycles. The van der Waals surface area contributed by atoms with Gasteiger partial charge in [-0.3, -0.25) is 0 Å². The van der Waals surface area contributed by atoms with E-state index in [0.29, 0.717) is 12.1 Å². The molecule has 2 unspecified atom stereocenters. The fourth-order valence-electron chi connectivity index (χ4n) is 2.14. The Balaban J connectivity index is 2.47. The Kier molecular flexibility index (Phi) is 8.35. The number of methoxy groups -OCH3 is 1. The predicted octanol–water partition coefficient (Wildman–Crippen LogP) is 4.04. The molecule has 1 aromatic heterocycles. The maximum atomic E-state index is 5.35. The first-order valence-electron chi connectivity index (χ1n) is 7.53. The summed E-state index contributed by atoms with van der Waals surface area (Å²) in [4.78, 5) is 3.00. The summed E-state index contributed by atoms with van der Waals surface area (Å²) in [5, 5.41) is 3.68. The lowest BCUT2D eigenvalue weighted by Crippen LogP contribution is -2.32. The van der Waals surface area contributed by atoms with E-state index in [9.17, 15) is 0 Å². The zero-order chi connectivity index (χ0) is 14.1. The molecule has 0 saturated carbocycles. The van der Waals surface area contributed by atoms with Crippen LogP contribution in [-0.2, 0) is 17.6 Å². The Morgan fingerprint density at radius 1 is 1.21 bits per heavy atom. The van der Waals surface area contributed by atoms with Gasteiger partial charge in [-0.1, -0.05) is 13.8 Å². The van der Waals surface area contributed by atoms with Gasteiger partial charge in [-0.15, -0.1) is 11.3 Å². The fraction of sp³-hybridized carbons (Fsp3) is 0.750. The van der Waals surface area contributed by atoms with E-state index in [4.69, 9.17) is 4.74 Å². The second-order valence-corrected chi connectivity index (χ2v) is 6.45. The van der Waals surface area contributed by atoms with E-state index in [1.807, 2.05) is 11.3 Å². The van der Waals surface area contributed by atoms with Gasteiger partial charge in [0.05, 0.1) is 6.10 Å². The monoisotopic (exact) mass is 283 g/mol. The molecule has 0 aliphatic carbocycles. The largest absolute Gasteiger partial charge is 0.382 e. The van der Waals surface area contributed by atoms with Crippen LogP contribution in [0, 0.1) is 0 Å². The summed E-state index contributed by atoms with van der Waals surface area (Å²) in [5.74, 6) is 0. The molecule has 0 saturated heterocycles. The highest BCUT2D eigenvalue weighted by Crippen LogP contribution is 2.20. The molecule has 0 aliphatic rings. The van der Waals surface area contributed by atoms with Crippen molar-refractivity contribution in [1.82, 2.24) is 5.32 Å². The molecule has 2 nitrogen and oxygen atoms in total. The van der Waals surface area contributed by atoms with Crippen LogP contribution in [0.4, 0.5) is 0 Å². The fourth-order valence-corrected chi connectivity index (χ4v) is 3.18. The third kappa shape index (κ3) is 6.55. The van der Waals surface area contributed by atoms with Crippen LogP contribution in [0.25, 0.3) is 0 Å². The van der Waals surface area contributed by atoms with Crippen LogP contribution < -0.4 is 5.32 Å².